The molecule has 0 radical (unpaired) electrons. The molecule has 2 heteroatoms. The lowest BCUT2D eigenvalue weighted by atomic mass is 10.1. The quantitative estimate of drug-likeness (QED) is 0.705. The summed E-state index contributed by atoms with van der Waals surface area (Å²) in [5.41, 5.74) is 9.42. The molecule has 1 heterocycles. The van der Waals surface area contributed by atoms with Gasteiger partial charge in [-0.25, -0.2) is 0 Å². The van der Waals surface area contributed by atoms with E-state index in [-0.39, 0.29) is 0 Å². The molecule has 3 N–H and O–H groups in total. The molecule has 1 aliphatic rings. The van der Waals surface area contributed by atoms with E-state index in [2.05, 4.69) is 35.7 Å². The van der Waals surface area contributed by atoms with Gasteiger partial charge in [0.2, 0.25) is 0 Å². The maximum atomic E-state index is 5.53. The van der Waals surface area contributed by atoms with Crippen LogP contribution in [-0.2, 0) is 6.54 Å². The van der Waals surface area contributed by atoms with Gasteiger partial charge in [-0.05, 0) is 16.7 Å². The number of benzene rings is 1. The molecule has 0 saturated carbocycles. The first-order chi connectivity index (χ1) is 6.40. The molecule has 68 valence electrons. The Morgan fingerprint density at radius 3 is 2.54 bits per heavy atom. The van der Waals surface area contributed by atoms with Gasteiger partial charge in [-0.1, -0.05) is 30.3 Å². The van der Waals surface area contributed by atoms with Crippen LogP contribution in [0.2, 0.25) is 0 Å². The van der Waals surface area contributed by atoms with Crippen LogP contribution in [0.15, 0.2) is 30.3 Å². The molecule has 0 spiro atoms. The van der Waals surface area contributed by atoms with Crippen LogP contribution in [0.4, 0.5) is 0 Å². The molecule has 1 aromatic rings. The lowest BCUT2D eigenvalue weighted by Gasteiger charge is -2.02. The van der Waals surface area contributed by atoms with E-state index in [1.807, 2.05) is 0 Å². The molecule has 13 heavy (non-hydrogen) atoms. The first-order valence-corrected chi connectivity index (χ1v) is 4.59. The topological polar surface area (TPSA) is 38.0 Å². The molecule has 0 saturated heterocycles. The first-order valence-electron chi connectivity index (χ1n) is 4.59. The van der Waals surface area contributed by atoms with E-state index in [9.17, 15) is 0 Å². The van der Waals surface area contributed by atoms with Crippen LogP contribution < -0.4 is 11.1 Å². The summed E-state index contributed by atoms with van der Waals surface area (Å²) in [6.07, 6.45) is 2.23. The highest BCUT2D eigenvalue weighted by atomic mass is 14.9. The summed E-state index contributed by atoms with van der Waals surface area (Å²) in [5.74, 6) is 0. The maximum absolute atomic E-state index is 5.53. The molecule has 0 bridgehead atoms. The SMILES string of the molecule is NCc1ccc(C2=CCNC2)cc1. The van der Waals surface area contributed by atoms with Crippen LogP contribution in [-0.4, -0.2) is 13.1 Å². The van der Waals surface area contributed by atoms with E-state index in [1.54, 1.807) is 0 Å². The Kier molecular flexibility index (Phi) is 2.43. The summed E-state index contributed by atoms with van der Waals surface area (Å²) >= 11 is 0. The third-order valence-electron chi connectivity index (χ3n) is 2.37. The molecule has 1 aliphatic heterocycles. The molecule has 0 amide bonds. The highest BCUT2D eigenvalue weighted by Crippen LogP contribution is 2.16. The van der Waals surface area contributed by atoms with Gasteiger partial charge in [0.1, 0.15) is 0 Å². The Hall–Kier alpha value is -1.12. The Balaban J connectivity index is 2.22. The zero-order valence-electron chi connectivity index (χ0n) is 7.59. The second-order valence-electron chi connectivity index (χ2n) is 3.26. The molecular weight excluding hydrogens is 160 g/mol. The van der Waals surface area contributed by atoms with E-state index in [0.29, 0.717) is 6.54 Å². The summed E-state index contributed by atoms with van der Waals surface area (Å²) in [6.45, 7) is 2.60. The molecule has 0 atom stereocenters. The summed E-state index contributed by atoms with van der Waals surface area (Å²) in [7, 11) is 0. The Labute approximate surface area is 78.5 Å². The summed E-state index contributed by atoms with van der Waals surface area (Å²) in [4.78, 5) is 0. The van der Waals surface area contributed by atoms with Gasteiger partial charge in [0, 0.05) is 19.6 Å². The summed E-state index contributed by atoms with van der Waals surface area (Å²) < 4.78 is 0. The van der Waals surface area contributed by atoms with Crippen LogP contribution in [0, 0.1) is 0 Å². The minimum Gasteiger partial charge on any atom is -0.326 e. The van der Waals surface area contributed by atoms with Crippen LogP contribution in [0.25, 0.3) is 5.57 Å². The van der Waals surface area contributed by atoms with Crippen LogP contribution >= 0.6 is 0 Å². The van der Waals surface area contributed by atoms with Gasteiger partial charge in [0.25, 0.3) is 0 Å². The minimum atomic E-state index is 0.623. The van der Waals surface area contributed by atoms with Gasteiger partial charge in [-0.15, -0.1) is 0 Å². The molecular formula is C11H14N2. The number of hydrogen-bond donors (Lipinski definition) is 2. The van der Waals surface area contributed by atoms with Gasteiger partial charge >= 0.3 is 0 Å². The molecule has 0 fully saturated rings. The fraction of sp³-hybridized carbons (Fsp3) is 0.273. The van der Waals surface area contributed by atoms with E-state index in [1.165, 1.54) is 16.7 Å². The molecule has 2 nitrogen and oxygen atoms in total. The Morgan fingerprint density at radius 2 is 2.00 bits per heavy atom. The zero-order valence-corrected chi connectivity index (χ0v) is 7.59. The van der Waals surface area contributed by atoms with Crippen molar-refractivity contribution in [3.63, 3.8) is 0 Å². The largest absolute Gasteiger partial charge is 0.326 e. The van der Waals surface area contributed by atoms with Gasteiger partial charge in [0.05, 0.1) is 0 Å². The fourth-order valence-electron chi connectivity index (χ4n) is 1.55. The number of hydrogen-bond acceptors (Lipinski definition) is 2. The average Bonchev–Trinajstić information content (AvgIpc) is 2.71. The predicted octanol–water partition coefficient (Wildman–Crippen LogP) is 1.13. The lowest BCUT2D eigenvalue weighted by molar-refractivity contribution is 0.897. The van der Waals surface area contributed by atoms with Crippen LogP contribution in [0.1, 0.15) is 11.1 Å². The third kappa shape index (κ3) is 1.79. The Bertz CT molecular complexity index is 311. The van der Waals surface area contributed by atoms with Crippen molar-refractivity contribution in [2.75, 3.05) is 13.1 Å². The summed E-state index contributed by atoms with van der Waals surface area (Å²) in [6, 6.07) is 8.46. The van der Waals surface area contributed by atoms with Crippen molar-refractivity contribution >= 4 is 5.57 Å². The highest BCUT2D eigenvalue weighted by Gasteiger charge is 2.05. The van der Waals surface area contributed by atoms with Crippen molar-refractivity contribution in [2.45, 2.75) is 6.54 Å². The van der Waals surface area contributed by atoms with Crippen LogP contribution in [0.3, 0.4) is 0 Å². The molecule has 1 aromatic carbocycles. The predicted molar refractivity (Wildman–Crippen MR) is 55.2 cm³/mol. The second kappa shape index (κ2) is 3.73. The van der Waals surface area contributed by atoms with Gasteiger partial charge in [-0.2, -0.15) is 0 Å². The normalized spacial score (nSPS) is 15.9. The van der Waals surface area contributed by atoms with Gasteiger partial charge in [-0.3, -0.25) is 0 Å². The van der Waals surface area contributed by atoms with Crippen molar-refractivity contribution in [3.8, 4) is 0 Å². The molecule has 0 aliphatic carbocycles. The van der Waals surface area contributed by atoms with Crippen molar-refractivity contribution in [3.05, 3.63) is 41.5 Å². The number of nitrogens with two attached hydrogens (primary N) is 1. The van der Waals surface area contributed by atoms with Crippen molar-refractivity contribution in [1.82, 2.24) is 5.32 Å². The second-order valence-corrected chi connectivity index (χ2v) is 3.26. The highest BCUT2D eigenvalue weighted by molar-refractivity contribution is 5.68. The van der Waals surface area contributed by atoms with E-state index >= 15 is 0 Å². The van der Waals surface area contributed by atoms with Gasteiger partial charge in [0.15, 0.2) is 0 Å². The number of rotatable bonds is 2. The first kappa shape index (κ1) is 8.48. The molecule has 2 rings (SSSR count). The number of nitrogens with one attached hydrogen (secondary N) is 1. The van der Waals surface area contributed by atoms with Crippen molar-refractivity contribution in [1.29, 1.82) is 0 Å². The van der Waals surface area contributed by atoms with Crippen molar-refractivity contribution in [2.24, 2.45) is 5.73 Å². The molecule has 0 unspecified atom stereocenters. The lowest BCUT2D eigenvalue weighted by Crippen LogP contribution is -2.07. The average molecular weight is 174 g/mol. The van der Waals surface area contributed by atoms with Gasteiger partial charge < -0.3 is 11.1 Å². The van der Waals surface area contributed by atoms with Crippen molar-refractivity contribution < 1.29 is 0 Å². The van der Waals surface area contributed by atoms with E-state index in [4.69, 9.17) is 5.73 Å². The monoisotopic (exact) mass is 174 g/mol. The third-order valence-corrected chi connectivity index (χ3v) is 2.37. The maximum Gasteiger partial charge on any atom is 0.0211 e. The van der Waals surface area contributed by atoms with E-state index in [0.717, 1.165) is 13.1 Å². The standard InChI is InChI=1S/C11H14N2/c12-7-9-1-3-10(4-2-9)11-5-6-13-8-11/h1-5,13H,6-8,12H2. The summed E-state index contributed by atoms with van der Waals surface area (Å²) in [5, 5.41) is 3.28. The Morgan fingerprint density at radius 1 is 1.23 bits per heavy atom. The fourth-order valence-corrected chi connectivity index (χ4v) is 1.55. The molecule has 0 aromatic heterocycles. The smallest absolute Gasteiger partial charge is 0.0211 e. The van der Waals surface area contributed by atoms with Crippen LogP contribution in [0.5, 0.6) is 0 Å². The minimum absolute atomic E-state index is 0.623. The van der Waals surface area contributed by atoms with E-state index < -0.39 is 0 Å². The zero-order chi connectivity index (χ0) is 9.10.